The van der Waals surface area contributed by atoms with Crippen LogP contribution in [0.3, 0.4) is 0 Å². The number of halogens is 1. The van der Waals surface area contributed by atoms with Crippen LogP contribution in [0.25, 0.3) is 10.9 Å². The van der Waals surface area contributed by atoms with Gasteiger partial charge >= 0.3 is 6.09 Å². The Morgan fingerprint density at radius 1 is 1.29 bits per heavy atom. The number of aromatic nitrogens is 2. The summed E-state index contributed by atoms with van der Waals surface area (Å²) in [6.07, 6.45) is 0.00697. The molecular formula is C20H21FN4O3. The molecular weight excluding hydrogens is 363 g/mol. The number of hydrogen-bond acceptors (Lipinski definition) is 5. The van der Waals surface area contributed by atoms with Crippen molar-refractivity contribution >= 4 is 22.8 Å². The number of rotatable bonds is 3. The molecule has 1 saturated heterocycles. The maximum atomic E-state index is 13.7. The number of aliphatic hydroxyl groups is 1. The number of hydroxylamine groups is 2. The van der Waals surface area contributed by atoms with Gasteiger partial charge in [-0.1, -0.05) is 18.2 Å². The molecule has 1 amide bonds. The fraction of sp³-hybridized carbons (Fsp3) is 0.300. The minimum Gasteiger partial charge on any atom is -0.385 e. The van der Waals surface area contributed by atoms with Crippen LogP contribution in [0.15, 0.2) is 42.5 Å². The van der Waals surface area contributed by atoms with E-state index in [9.17, 15) is 14.3 Å². The van der Waals surface area contributed by atoms with Crippen LogP contribution in [0.4, 0.5) is 15.0 Å². The van der Waals surface area contributed by atoms with Crippen molar-refractivity contribution in [3.8, 4) is 0 Å². The summed E-state index contributed by atoms with van der Waals surface area (Å²) >= 11 is 0. The van der Waals surface area contributed by atoms with E-state index in [4.69, 9.17) is 4.84 Å². The number of piperidine rings is 1. The maximum Gasteiger partial charge on any atom is 0.432 e. The third-order valence-electron chi connectivity index (χ3n) is 5.03. The Morgan fingerprint density at radius 3 is 2.79 bits per heavy atom. The molecule has 8 heteroatoms. The predicted octanol–water partition coefficient (Wildman–Crippen LogP) is 3.46. The van der Waals surface area contributed by atoms with Crippen LogP contribution >= 0.6 is 0 Å². The number of anilines is 1. The van der Waals surface area contributed by atoms with E-state index in [-0.39, 0.29) is 5.82 Å². The number of para-hydroxylation sites is 1. The zero-order valence-corrected chi connectivity index (χ0v) is 15.4. The number of fused-ring (bicyclic) bond motifs is 1. The lowest BCUT2D eigenvalue weighted by Gasteiger charge is -2.37. The van der Waals surface area contributed by atoms with Crippen molar-refractivity contribution in [1.82, 2.24) is 15.3 Å². The highest BCUT2D eigenvalue weighted by Gasteiger charge is 2.35. The molecule has 0 aliphatic carbocycles. The third kappa shape index (κ3) is 3.69. The van der Waals surface area contributed by atoms with Gasteiger partial charge in [0.25, 0.3) is 0 Å². The fourth-order valence-corrected chi connectivity index (χ4v) is 3.54. The first kappa shape index (κ1) is 18.4. The summed E-state index contributed by atoms with van der Waals surface area (Å²) in [5.74, 6) is 0.0251. The van der Waals surface area contributed by atoms with Crippen LogP contribution in [-0.2, 0) is 10.4 Å². The van der Waals surface area contributed by atoms with Crippen molar-refractivity contribution in [2.75, 3.05) is 18.4 Å². The van der Waals surface area contributed by atoms with E-state index in [0.29, 0.717) is 37.3 Å². The lowest BCUT2D eigenvalue weighted by molar-refractivity contribution is -0.148. The molecule has 0 unspecified atom stereocenters. The van der Waals surface area contributed by atoms with Gasteiger partial charge in [0, 0.05) is 18.5 Å². The van der Waals surface area contributed by atoms with Gasteiger partial charge in [-0.3, -0.25) is 10.4 Å². The summed E-state index contributed by atoms with van der Waals surface area (Å²) < 4.78 is 13.7. The smallest absolute Gasteiger partial charge is 0.385 e. The summed E-state index contributed by atoms with van der Waals surface area (Å²) in [6.45, 7) is 2.46. The van der Waals surface area contributed by atoms with Crippen LogP contribution in [0.2, 0.25) is 0 Å². The van der Waals surface area contributed by atoms with Crippen molar-refractivity contribution in [2.24, 2.45) is 0 Å². The third-order valence-corrected chi connectivity index (χ3v) is 5.03. The van der Waals surface area contributed by atoms with E-state index in [1.807, 2.05) is 24.3 Å². The first-order valence-electron chi connectivity index (χ1n) is 9.10. The first-order valence-corrected chi connectivity index (χ1v) is 9.10. The van der Waals surface area contributed by atoms with E-state index in [1.165, 1.54) is 17.2 Å². The van der Waals surface area contributed by atoms with Gasteiger partial charge in [-0.25, -0.2) is 9.18 Å². The molecule has 0 radical (unpaired) electrons. The molecule has 0 saturated carbocycles. The molecule has 3 N–H and O–H groups in total. The van der Waals surface area contributed by atoms with Gasteiger partial charge < -0.3 is 9.94 Å². The molecule has 0 atom stereocenters. The lowest BCUT2D eigenvalue weighted by Crippen LogP contribution is -2.44. The van der Waals surface area contributed by atoms with E-state index in [2.05, 4.69) is 15.5 Å². The van der Waals surface area contributed by atoms with Gasteiger partial charge in [-0.05, 0) is 55.2 Å². The van der Waals surface area contributed by atoms with Crippen molar-refractivity contribution in [2.45, 2.75) is 25.4 Å². The van der Waals surface area contributed by atoms with Crippen LogP contribution in [0, 0.1) is 12.7 Å². The summed E-state index contributed by atoms with van der Waals surface area (Å²) in [5, 5.41) is 22.7. The number of aromatic amines is 1. The average Bonchev–Trinajstić information content (AvgIpc) is 3.06. The first-order chi connectivity index (χ1) is 13.4. The molecule has 2 heterocycles. The number of carbonyl (C=O) groups is 1. The summed E-state index contributed by atoms with van der Waals surface area (Å²) in [7, 11) is 0. The SMILES string of the molecule is Cc1cc(F)cc(C2(O)CCN(OC(=O)Nc3n[nH]c4ccccc34)CC2)c1. The highest BCUT2D eigenvalue weighted by atomic mass is 19.1. The van der Waals surface area contributed by atoms with Gasteiger partial charge in [0.05, 0.1) is 11.1 Å². The molecule has 3 aromatic rings. The predicted molar refractivity (Wildman–Crippen MR) is 102 cm³/mol. The van der Waals surface area contributed by atoms with Gasteiger partial charge in [0.2, 0.25) is 0 Å². The van der Waals surface area contributed by atoms with Crippen molar-refractivity contribution < 1.29 is 19.1 Å². The molecule has 1 aromatic heterocycles. The summed E-state index contributed by atoms with van der Waals surface area (Å²) in [5.41, 5.74) is 0.984. The normalized spacial score (nSPS) is 16.8. The number of nitrogens with zero attached hydrogens (tertiary/aromatic N) is 2. The summed E-state index contributed by atoms with van der Waals surface area (Å²) in [6, 6.07) is 12.0. The van der Waals surface area contributed by atoms with Gasteiger partial charge in [0.1, 0.15) is 5.82 Å². The monoisotopic (exact) mass is 384 g/mol. The minimum absolute atomic E-state index is 0.328. The van der Waals surface area contributed by atoms with Crippen molar-refractivity contribution in [1.29, 1.82) is 0 Å². The highest BCUT2D eigenvalue weighted by molar-refractivity contribution is 5.96. The molecule has 4 rings (SSSR count). The molecule has 1 fully saturated rings. The van der Waals surface area contributed by atoms with E-state index >= 15 is 0 Å². The van der Waals surface area contributed by atoms with Crippen LogP contribution in [0.1, 0.15) is 24.0 Å². The maximum absolute atomic E-state index is 13.7. The number of carbonyl (C=O) groups excluding carboxylic acids is 1. The Bertz CT molecular complexity index is 991. The van der Waals surface area contributed by atoms with Crippen molar-refractivity contribution in [3.63, 3.8) is 0 Å². The Labute approximate surface area is 161 Å². The molecule has 28 heavy (non-hydrogen) atoms. The Hall–Kier alpha value is -2.97. The van der Waals surface area contributed by atoms with Crippen LogP contribution < -0.4 is 5.32 Å². The zero-order chi connectivity index (χ0) is 19.7. The van der Waals surface area contributed by atoms with E-state index in [1.54, 1.807) is 13.0 Å². The number of aryl methyl sites for hydroxylation is 1. The fourth-order valence-electron chi connectivity index (χ4n) is 3.54. The molecule has 0 bridgehead atoms. The summed E-state index contributed by atoms with van der Waals surface area (Å²) in [4.78, 5) is 17.5. The number of amides is 1. The molecule has 2 aromatic carbocycles. The highest BCUT2D eigenvalue weighted by Crippen LogP contribution is 2.34. The van der Waals surface area contributed by atoms with Crippen LogP contribution in [-0.4, -0.2) is 39.5 Å². The quantitative estimate of drug-likeness (QED) is 0.643. The van der Waals surface area contributed by atoms with Gasteiger partial charge in [0.15, 0.2) is 5.82 Å². The number of nitrogens with one attached hydrogen (secondary N) is 2. The minimum atomic E-state index is -1.14. The van der Waals surface area contributed by atoms with Crippen LogP contribution in [0.5, 0.6) is 0 Å². The molecule has 7 nitrogen and oxygen atoms in total. The van der Waals surface area contributed by atoms with Gasteiger partial charge in [-0.15, -0.1) is 5.06 Å². The Morgan fingerprint density at radius 2 is 2.04 bits per heavy atom. The Balaban J connectivity index is 1.37. The van der Waals surface area contributed by atoms with Crippen molar-refractivity contribution in [3.05, 3.63) is 59.4 Å². The second kappa shape index (κ2) is 7.21. The van der Waals surface area contributed by atoms with Gasteiger partial charge in [-0.2, -0.15) is 5.10 Å². The molecule has 1 aliphatic rings. The van der Waals surface area contributed by atoms with E-state index in [0.717, 1.165) is 16.5 Å². The number of benzene rings is 2. The number of hydrogen-bond donors (Lipinski definition) is 3. The largest absolute Gasteiger partial charge is 0.432 e. The average molecular weight is 384 g/mol. The number of H-pyrrole nitrogens is 1. The topological polar surface area (TPSA) is 90.5 Å². The zero-order valence-electron chi connectivity index (χ0n) is 15.4. The molecule has 0 spiro atoms. The second-order valence-corrected chi connectivity index (χ2v) is 7.10. The second-order valence-electron chi connectivity index (χ2n) is 7.10. The standard InChI is InChI=1S/C20H21FN4O3/c1-13-10-14(12-15(21)11-13)20(27)6-8-25(9-7-20)28-19(26)22-18-16-4-2-3-5-17(16)23-24-18/h2-5,10-12,27H,6-9H2,1H3,(H2,22,23,24,26). The molecule has 1 aliphatic heterocycles. The lowest BCUT2D eigenvalue weighted by atomic mass is 9.84. The van der Waals surface area contributed by atoms with E-state index < -0.39 is 11.7 Å². The molecule has 146 valence electrons. The Kier molecular flexibility index (Phi) is 4.74.